The van der Waals surface area contributed by atoms with Crippen molar-refractivity contribution >= 4 is 46.3 Å². The van der Waals surface area contributed by atoms with Gasteiger partial charge in [-0.3, -0.25) is 29.0 Å². The molecule has 2 heterocycles. The molecular weight excluding hydrogens is 516 g/mol. The number of nitrogens with zero attached hydrogens (tertiary/aromatic N) is 2. The Morgan fingerprint density at radius 2 is 0.750 bits per heavy atom. The molecule has 0 bridgehead atoms. The third-order valence-electron chi connectivity index (χ3n) is 7.17. The average Bonchev–Trinajstić information content (AvgIpc) is 2.95. The van der Waals surface area contributed by atoms with E-state index in [1.165, 1.54) is 48.5 Å². The number of amides is 4. The lowest BCUT2D eigenvalue weighted by Crippen LogP contribution is -2.47. The molecule has 0 saturated carbocycles. The molecule has 10 heteroatoms. The van der Waals surface area contributed by atoms with Gasteiger partial charge in [-0.15, -0.1) is 0 Å². The lowest BCUT2D eigenvalue weighted by molar-refractivity contribution is -0.142. The average molecular weight is 534 g/mol. The highest BCUT2D eigenvalue weighted by atomic mass is 16.4. The standard InChI is InChI=1S/C30H18N2O8/c33-25-17-11-13-19-22-20(28(36)32(27(19)35)24(30(39)40)16-9-5-2-6-10-16)14-12-18(21(17)22)26(34)31(25)23(29(37)38)15-7-3-1-4-8-15/h1-14,23-24H,(H,37,38)(H,39,40)/t23-,24-/m0/s1. The van der Waals surface area contributed by atoms with Crippen LogP contribution < -0.4 is 0 Å². The first-order chi connectivity index (χ1) is 19.2. The highest BCUT2D eigenvalue weighted by Crippen LogP contribution is 2.41. The van der Waals surface area contributed by atoms with Crippen molar-refractivity contribution in [1.82, 2.24) is 9.80 Å². The fraction of sp³-hybridized carbons (Fsp3) is 0.0667. The fourth-order valence-corrected chi connectivity index (χ4v) is 5.46. The van der Waals surface area contributed by atoms with Crippen LogP contribution in [0.1, 0.15) is 64.6 Å². The minimum Gasteiger partial charge on any atom is -0.479 e. The van der Waals surface area contributed by atoms with Crippen molar-refractivity contribution in [3.8, 4) is 0 Å². The summed E-state index contributed by atoms with van der Waals surface area (Å²) in [5.74, 6) is -6.41. The second-order valence-electron chi connectivity index (χ2n) is 9.33. The Morgan fingerprint density at radius 1 is 0.475 bits per heavy atom. The molecule has 0 fully saturated rings. The monoisotopic (exact) mass is 534 g/mol. The Labute approximate surface area is 225 Å². The van der Waals surface area contributed by atoms with Crippen LogP contribution in [0.3, 0.4) is 0 Å². The van der Waals surface area contributed by atoms with Gasteiger partial charge in [-0.1, -0.05) is 60.7 Å². The number of benzene rings is 4. The van der Waals surface area contributed by atoms with E-state index in [1.807, 2.05) is 0 Å². The number of aliphatic carboxylic acids is 2. The maximum Gasteiger partial charge on any atom is 0.331 e. The van der Waals surface area contributed by atoms with Gasteiger partial charge in [0.2, 0.25) is 0 Å². The third-order valence-corrected chi connectivity index (χ3v) is 7.17. The molecule has 0 saturated heterocycles. The predicted molar refractivity (Wildman–Crippen MR) is 139 cm³/mol. The smallest absolute Gasteiger partial charge is 0.331 e. The molecular formula is C30H18N2O8. The summed E-state index contributed by atoms with van der Waals surface area (Å²) in [6.07, 6.45) is 0. The Balaban J connectivity index is 1.52. The van der Waals surface area contributed by atoms with E-state index in [4.69, 9.17) is 0 Å². The molecule has 0 aromatic heterocycles. The highest BCUT2D eigenvalue weighted by molar-refractivity contribution is 6.34. The Hall–Kier alpha value is -5.64. The molecule has 2 aliphatic rings. The summed E-state index contributed by atoms with van der Waals surface area (Å²) in [6.45, 7) is 0. The Bertz CT molecular complexity index is 1600. The second-order valence-corrected chi connectivity index (χ2v) is 9.33. The largest absolute Gasteiger partial charge is 0.479 e. The molecule has 4 amide bonds. The van der Waals surface area contributed by atoms with E-state index in [1.54, 1.807) is 36.4 Å². The number of imide groups is 2. The van der Waals surface area contributed by atoms with E-state index < -0.39 is 47.7 Å². The van der Waals surface area contributed by atoms with Gasteiger partial charge in [-0.2, -0.15) is 0 Å². The summed E-state index contributed by atoms with van der Waals surface area (Å²) < 4.78 is 0. The van der Waals surface area contributed by atoms with Crippen LogP contribution in [0.2, 0.25) is 0 Å². The lowest BCUT2D eigenvalue weighted by atomic mass is 9.84. The molecule has 2 atom stereocenters. The van der Waals surface area contributed by atoms with Gasteiger partial charge in [-0.05, 0) is 35.4 Å². The van der Waals surface area contributed by atoms with Crippen LogP contribution in [-0.4, -0.2) is 55.6 Å². The van der Waals surface area contributed by atoms with E-state index >= 15 is 0 Å². The first-order valence-electron chi connectivity index (χ1n) is 12.1. The normalized spacial score (nSPS) is 15.8. The number of rotatable bonds is 6. The maximum atomic E-state index is 13.7. The predicted octanol–water partition coefficient (Wildman–Crippen LogP) is 3.68. The highest BCUT2D eigenvalue weighted by Gasteiger charge is 2.46. The number of carboxylic acids is 2. The van der Waals surface area contributed by atoms with Crippen LogP contribution in [0.25, 0.3) is 10.8 Å². The zero-order chi connectivity index (χ0) is 28.3. The summed E-state index contributed by atoms with van der Waals surface area (Å²) in [5.41, 5.74) is 0.224. The number of carbonyl (C=O) groups is 6. The molecule has 2 N–H and O–H groups in total. The van der Waals surface area contributed by atoms with E-state index in [0.717, 1.165) is 0 Å². The quantitative estimate of drug-likeness (QED) is 0.356. The first kappa shape index (κ1) is 24.7. The van der Waals surface area contributed by atoms with E-state index in [-0.39, 0.29) is 44.2 Å². The SMILES string of the molecule is O=C(O)[C@H](c1ccccc1)N1C(=O)c2ccc3c4c(ccc(c24)C1=O)C(=O)N([C@H](C(=O)O)c1ccccc1)C3=O. The van der Waals surface area contributed by atoms with Crippen LogP contribution in [0.15, 0.2) is 84.9 Å². The van der Waals surface area contributed by atoms with E-state index in [9.17, 15) is 39.0 Å². The molecule has 0 aliphatic carbocycles. The molecule has 4 aromatic carbocycles. The van der Waals surface area contributed by atoms with Gasteiger partial charge in [0, 0.05) is 33.0 Å². The maximum absolute atomic E-state index is 13.7. The molecule has 0 spiro atoms. The summed E-state index contributed by atoms with van der Waals surface area (Å²) in [5, 5.41) is 20.1. The van der Waals surface area contributed by atoms with Gasteiger partial charge < -0.3 is 10.2 Å². The van der Waals surface area contributed by atoms with Crippen molar-refractivity contribution in [3.63, 3.8) is 0 Å². The molecule has 6 rings (SSSR count). The van der Waals surface area contributed by atoms with Crippen LogP contribution in [0.5, 0.6) is 0 Å². The molecule has 40 heavy (non-hydrogen) atoms. The minimum atomic E-state index is -1.61. The van der Waals surface area contributed by atoms with Crippen LogP contribution in [-0.2, 0) is 9.59 Å². The number of carboxylic acid groups (broad SMARTS) is 2. The van der Waals surface area contributed by atoms with Gasteiger partial charge >= 0.3 is 11.9 Å². The fourth-order valence-electron chi connectivity index (χ4n) is 5.46. The van der Waals surface area contributed by atoms with Crippen molar-refractivity contribution in [2.75, 3.05) is 0 Å². The first-order valence-corrected chi connectivity index (χ1v) is 12.1. The lowest BCUT2D eigenvalue weighted by Gasteiger charge is -2.35. The number of carbonyl (C=O) groups excluding carboxylic acids is 4. The van der Waals surface area contributed by atoms with Crippen molar-refractivity contribution in [3.05, 3.63) is 118 Å². The minimum absolute atomic E-state index is 0.0476. The topological polar surface area (TPSA) is 149 Å². The summed E-state index contributed by atoms with van der Waals surface area (Å²) >= 11 is 0. The molecule has 10 nitrogen and oxygen atoms in total. The summed E-state index contributed by atoms with van der Waals surface area (Å²) in [4.78, 5) is 80.5. The number of hydrogen-bond donors (Lipinski definition) is 2. The van der Waals surface area contributed by atoms with Gasteiger partial charge in [0.25, 0.3) is 23.6 Å². The number of hydrogen-bond acceptors (Lipinski definition) is 6. The molecule has 196 valence electrons. The van der Waals surface area contributed by atoms with Crippen LogP contribution >= 0.6 is 0 Å². The van der Waals surface area contributed by atoms with Crippen molar-refractivity contribution in [2.24, 2.45) is 0 Å². The summed E-state index contributed by atoms with van der Waals surface area (Å²) in [6, 6.07) is 17.6. The van der Waals surface area contributed by atoms with Crippen LogP contribution in [0.4, 0.5) is 0 Å². The van der Waals surface area contributed by atoms with Crippen molar-refractivity contribution in [1.29, 1.82) is 0 Å². The zero-order valence-corrected chi connectivity index (χ0v) is 20.5. The van der Waals surface area contributed by atoms with Crippen molar-refractivity contribution in [2.45, 2.75) is 12.1 Å². The van der Waals surface area contributed by atoms with Gasteiger partial charge in [0.15, 0.2) is 12.1 Å². The van der Waals surface area contributed by atoms with Gasteiger partial charge in [0.05, 0.1) is 0 Å². The second kappa shape index (κ2) is 8.98. The molecule has 0 unspecified atom stereocenters. The van der Waals surface area contributed by atoms with Gasteiger partial charge in [0.1, 0.15) is 0 Å². The zero-order valence-electron chi connectivity index (χ0n) is 20.5. The Morgan fingerprint density at radius 3 is 1.00 bits per heavy atom. The summed E-state index contributed by atoms with van der Waals surface area (Å²) in [7, 11) is 0. The van der Waals surface area contributed by atoms with Crippen LogP contribution in [0, 0.1) is 0 Å². The third kappa shape index (κ3) is 3.43. The Kier molecular flexibility index (Phi) is 5.54. The van der Waals surface area contributed by atoms with E-state index in [0.29, 0.717) is 9.80 Å². The molecule has 4 aromatic rings. The van der Waals surface area contributed by atoms with Gasteiger partial charge in [-0.25, -0.2) is 9.59 Å². The van der Waals surface area contributed by atoms with Crippen molar-refractivity contribution < 1.29 is 39.0 Å². The molecule has 2 aliphatic heterocycles. The molecule has 0 radical (unpaired) electrons. The van der Waals surface area contributed by atoms with E-state index in [2.05, 4.69) is 0 Å².